The molecule has 0 aromatic carbocycles. The fourth-order valence-corrected chi connectivity index (χ4v) is 2.63. The number of imide groups is 1. The molecule has 0 aromatic heterocycles. The summed E-state index contributed by atoms with van der Waals surface area (Å²) in [5.74, 6) is -0.833. The first-order valence-corrected chi connectivity index (χ1v) is 10.3. The van der Waals surface area contributed by atoms with Crippen molar-refractivity contribution in [1.29, 1.82) is 0 Å². The number of likely N-dealkylation sites (tertiary alicyclic amines) is 1. The summed E-state index contributed by atoms with van der Waals surface area (Å²) in [6.45, 7) is 7.11. The lowest BCUT2D eigenvalue weighted by Crippen LogP contribution is -2.35. The zero-order valence-corrected chi connectivity index (χ0v) is 18.0. The second-order valence-corrected chi connectivity index (χ2v) is 6.99. The average molecular weight is 430 g/mol. The number of amides is 3. The summed E-state index contributed by atoms with van der Waals surface area (Å²) in [6.07, 6.45) is 0.737. The van der Waals surface area contributed by atoms with Crippen molar-refractivity contribution in [1.82, 2.24) is 10.2 Å². The van der Waals surface area contributed by atoms with Gasteiger partial charge in [0.2, 0.25) is 17.7 Å². The standard InChI is InChI=1S/C20H34N2O8/c1-16-15-19(25)22(20(16)26)6-3-18(24)21-5-8-28-10-12-30-14-13-29-11-9-27-7-4-17(2)23/h16H,3-15H2,1-2H3,(H,21,24). The van der Waals surface area contributed by atoms with Crippen LogP contribution in [0.5, 0.6) is 0 Å². The molecule has 0 aliphatic carbocycles. The molecule has 0 spiro atoms. The van der Waals surface area contributed by atoms with E-state index in [1.807, 2.05) is 0 Å². The Kier molecular flexibility index (Phi) is 13.9. The number of ether oxygens (including phenoxy) is 4. The van der Waals surface area contributed by atoms with E-state index in [2.05, 4.69) is 5.32 Å². The molecule has 1 unspecified atom stereocenters. The van der Waals surface area contributed by atoms with E-state index in [4.69, 9.17) is 18.9 Å². The smallest absolute Gasteiger partial charge is 0.232 e. The highest BCUT2D eigenvalue weighted by atomic mass is 16.6. The third-order valence-electron chi connectivity index (χ3n) is 4.31. The van der Waals surface area contributed by atoms with Crippen LogP contribution in [0.4, 0.5) is 0 Å². The predicted octanol–water partition coefficient (Wildman–Crippen LogP) is -0.0668. The Morgan fingerprint density at radius 1 is 0.900 bits per heavy atom. The number of nitrogens with zero attached hydrogens (tertiary/aromatic N) is 1. The van der Waals surface area contributed by atoms with Gasteiger partial charge in [-0.15, -0.1) is 0 Å². The van der Waals surface area contributed by atoms with Crippen molar-refractivity contribution >= 4 is 23.5 Å². The van der Waals surface area contributed by atoms with Gasteiger partial charge in [-0.3, -0.25) is 24.1 Å². The van der Waals surface area contributed by atoms with E-state index < -0.39 is 0 Å². The van der Waals surface area contributed by atoms with Crippen LogP contribution >= 0.6 is 0 Å². The molecule has 1 rings (SSSR count). The van der Waals surface area contributed by atoms with Gasteiger partial charge in [0.15, 0.2) is 0 Å². The van der Waals surface area contributed by atoms with E-state index in [-0.39, 0.29) is 48.8 Å². The monoisotopic (exact) mass is 430 g/mol. The summed E-state index contributed by atoms with van der Waals surface area (Å²) < 4.78 is 21.3. The van der Waals surface area contributed by atoms with Gasteiger partial charge in [0.1, 0.15) is 5.78 Å². The molecule has 1 saturated heterocycles. The van der Waals surface area contributed by atoms with Crippen molar-refractivity contribution in [2.75, 3.05) is 65.9 Å². The minimum absolute atomic E-state index is 0.0923. The first-order chi connectivity index (χ1) is 14.4. The van der Waals surface area contributed by atoms with E-state index in [9.17, 15) is 19.2 Å². The van der Waals surface area contributed by atoms with Crippen molar-refractivity contribution in [3.8, 4) is 0 Å². The van der Waals surface area contributed by atoms with Gasteiger partial charge in [0.05, 0.1) is 52.9 Å². The second-order valence-electron chi connectivity index (χ2n) is 6.99. The molecule has 1 heterocycles. The van der Waals surface area contributed by atoms with E-state index >= 15 is 0 Å². The molecule has 1 atom stereocenters. The number of carbonyl (C=O) groups excluding carboxylic acids is 4. The van der Waals surface area contributed by atoms with Crippen LogP contribution in [0.3, 0.4) is 0 Å². The lowest BCUT2D eigenvalue weighted by Gasteiger charge is -2.14. The summed E-state index contributed by atoms with van der Waals surface area (Å²) in [4.78, 5) is 47.0. The maximum Gasteiger partial charge on any atom is 0.232 e. The van der Waals surface area contributed by atoms with Gasteiger partial charge >= 0.3 is 0 Å². The molecule has 1 N–H and O–H groups in total. The molecule has 3 amide bonds. The molecule has 1 aliphatic rings. The van der Waals surface area contributed by atoms with Crippen LogP contribution in [0.1, 0.15) is 33.1 Å². The van der Waals surface area contributed by atoms with Crippen molar-refractivity contribution < 1.29 is 38.1 Å². The van der Waals surface area contributed by atoms with Gasteiger partial charge in [-0.1, -0.05) is 6.92 Å². The maximum atomic E-state index is 11.8. The van der Waals surface area contributed by atoms with Crippen LogP contribution < -0.4 is 5.32 Å². The highest BCUT2D eigenvalue weighted by molar-refractivity contribution is 6.03. The Balaban J connectivity index is 1.83. The number of hydrogen-bond donors (Lipinski definition) is 1. The summed E-state index contributed by atoms with van der Waals surface area (Å²) in [5.41, 5.74) is 0. The Labute approximate surface area is 177 Å². The Morgan fingerprint density at radius 3 is 1.93 bits per heavy atom. The molecule has 0 aromatic rings. The van der Waals surface area contributed by atoms with Gasteiger partial charge < -0.3 is 24.3 Å². The van der Waals surface area contributed by atoms with Gasteiger partial charge in [-0.2, -0.15) is 0 Å². The van der Waals surface area contributed by atoms with Crippen LogP contribution in [-0.4, -0.2) is 94.3 Å². The Hall–Kier alpha value is -1.88. The van der Waals surface area contributed by atoms with Gasteiger partial charge in [0, 0.05) is 38.3 Å². The summed E-state index contributed by atoms with van der Waals surface area (Å²) in [5, 5.41) is 2.69. The summed E-state index contributed by atoms with van der Waals surface area (Å²) >= 11 is 0. The number of nitrogens with one attached hydrogen (secondary N) is 1. The number of rotatable bonds is 18. The zero-order valence-electron chi connectivity index (χ0n) is 18.0. The molecule has 0 radical (unpaired) electrons. The van der Waals surface area contributed by atoms with Crippen LogP contribution in [0, 0.1) is 5.92 Å². The van der Waals surface area contributed by atoms with Crippen molar-refractivity contribution in [3.63, 3.8) is 0 Å². The predicted molar refractivity (Wildman–Crippen MR) is 107 cm³/mol. The molecule has 10 nitrogen and oxygen atoms in total. The van der Waals surface area contributed by atoms with Gasteiger partial charge in [-0.25, -0.2) is 0 Å². The number of hydrogen-bond acceptors (Lipinski definition) is 8. The summed E-state index contributed by atoms with van der Waals surface area (Å²) in [7, 11) is 0. The Morgan fingerprint density at radius 2 is 1.43 bits per heavy atom. The van der Waals surface area contributed by atoms with Crippen molar-refractivity contribution in [2.45, 2.75) is 33.1 Å². The molecule has 10 heteroatoms. The van der Waals surface area contributed by atoms with Gasteiger partial charge in [-0.05, 0) is 6.92 Å². The second kappa shape index (κ2) is 15.9. The number of carbonyl (C=O) groups is 4. The molecule has 172 valence electrons. The fraction of sp³-hybridized carbons (Fsp3) is 0.800. The molecule has 0 bridgehead atoms. The Bertz CT molecular complexity index is 555. The SMILES string of the molecule is CC(=O)CCOCCOCCOCCOCCNC(=O)CCN1C(=O)CC(C)C1=O. The first kappa shape index (κ1) is 26.2. The van der Waals surface area contributed by atoms with Crippen LogP contribution in [0.2, 0.25) is 0 Å². The van der Waals surface area contributed by atoms with E-state index in [0.717, 1.165) is 4.90 Å². The lowest BCUT2D eigenvalue weighted by molar-refractivity contribution is -0.139. The molecule has 1 fully saturated rings. The van der Waals surface area contributed by atoms with Crippen molar-refractivity contribution in [3.05, 3.63) is 0 Å². The normalized spacial score (nSPS) is 16.3. The van der Waals surface area contributed by atoms with Crippen LogP contribution in [0.15, 0.2) is 0 Å². The highest BCUT2D eigenvalue weighted by Crippen LogP contribution is 2.18. The minimum atomic E-state index is -0.291. The third kappa shape index (κ3) is 12.0. The van der Waals surface area contributed by atoms with E-state index in [1.165, 1.54) is 6.92 Å². The highest BCUT2D eigenvalue weighted by Gasteiger charge is 2.35. The number of Topliss-reactive ketones (excluding diaryl/α,β-unsaturated/α-hetero) is 1. The lowest BCUT2D eigenvalue weighted by atomic mass is 10.1. The minimum Gasteiger partial charge on any atom is -0.379 e. The largest absolute Gasteiger partial charge is 0.379 e. The zero-order chi connectivity index (χ0) is 22.2. The van der Waals surface area contributed by atoms with E-state index in [0.29, 0.717) is 65.8 Å². The maximum absolute atomic E-state index is 11.8. The molecular weight excluding hydrogens is 396 g/mol. The topological polar surface area (TPSA) is 120 Å². The molecule has 1 aliphatic heterocycles. The molecule has 30 heavy (non-hydrogen) atoms. The quantitative estimate of drug-likeness (QED) is 0.237. The van der Waals surface area contributed by atoms with E-state index in [1.54, 1.807) is 6.92 Å². The third-order valence-corrected chi connectivity index (χ3v) is 4.31. The molecular formula is C20H34N2O8. The number of ketones is 1. The average Bonchev–Trinajstić information content (AvgIpc) is 2.94. The fourth-order valence-electron chi connectivity index (χ4n) is 2.63. The van der Waals surface area contributed by atoms with Crippen LogP contribution in [0.25, 0.3) is 0 Å². The van der Waals surface area contributed by atoms with Crippen LogP contribution in [-0.2, 0) is 38.1 Å². The van der Waals surface area contributed by atoms with Gasteiger partial charge in [0.25, 0.3) is 0 Å². The summed E-state index contributed by atoms with van der Waals surface area (Å²) in [6, 6.07) is 0. The molecule has 0 saturated carbocycles. The first-order valence-electron chi connectivity index (χ1n) is 10.3. The van der Waals surface area contributed by atoms with Crippen molar-refractivity contribution in [2.24, 2.45) is 5.92 Å².